The summed E-state index contributed by atoms with van der Waals surface area (Å²) in [7, 11) is -1.63. The Balaban J connectivity index is 2.12. The molecule has 26 heavy (non-hydrogen) atoms. The number of carbonyl (C=O) groups is 1. The number of nitrogens with one attached hydrogen (secondary N) is 1. The highest BCUT2D eigenvalue weighted by Crippen LogP contribution is 2.13. The molecule has 8 nitrogen and oxygen atoms in total. The molecule has 0 aliphatic carbocycles. The van der Waals surface area contributed by atoms with Gasteiger partial charge < -0.3 is 14.8 Å². The summed E-state index contributed by atoms with van der Waals surface area (Å²) in [6.45, 7) is 5.85. The fourth-order valence-corrected chi connectivity index (χ4v) is 4.56. The Labute approximate surface area is 154 Å². The first kappa shape index (κ1) is 20.6. The molecule has 0 aromatic carbocycles. The molecule has 0 unspecified atom stereocenters. The predicted octanol–water partition coefficient (Wildman–Crippen LogP) is 0.0892. The summed E-state index contributed by atoms with van der Waals surface area (Å²) in [6.07, 6.45) is 2.99. The van der Waals surface area contributed by atoms with E-state index < -0.39 is 15.6 Å². The molecule has 1 aromatic heterocycles. The van der Waals surface area contributed by atoms with E-state index in [1.807, 2.05) is 7.05 Å². The van der Waals surface area contributed by atoms with Gasteiger partial charge in [-0.05, 0) is 39.0 Å². The van der Waals surface area contributed by atoms with Gasteiger partial charge in [-0.2, -0.15) is 4.31 Å². The van der Waals surface area contributed by atoms with E-state index in [-0.39, 0.29) is 23.4 Å². The number of carbonyl (C=O) groups excluding carboxylic acids is 1. The fraction of sp³-hybridized carbons (Fsp3) is 0.647. The zero-order chi connectivity index (χ0) is 19.3. The maximum Gasteiger partial charge on any atom is 0.251 e. The van der Waals surface area contributed by atoms with Crippen LogP contribution in [0.3, 0.4) is 0 Å². The van der Waals surface area contributed by atoms with Gasteiger partial charge in [0.05, 0.1) is 4.90 Å². The number of likely N-dealkylation sites (tertiary alicyclic amines) is 1. The minimum absolute atomic E-state index is 0.0212. The third-order valence-electron chi connectivity index (χ3n) is 4.70. The molecule has 1 fully saturated rings. The summed E-state index contributed by atoms with van der Waals surface area (Å²) < 4.78 is 27.7. The van der Waals surface area contributed by atoms with E-state index in [0.717, 1.165) is 30.5 Å². The number of nitrogens with zero attached hydrogens (tertiary/aromatic N) is 3. The highest BCUT2D eigenvalue weighted by Gasteiger charge is 2.23. The lowest BCUT2D eigenvalue weighted by molar-refractivity contribution is -0.122. The Bertz CT molecular complexity index is 778. The number of piperidine rings is 1. The van der Waals surface area contributed by atoms with Crippen molar-refractivity contribution in [2.45, 2.75) is 44.2 Å². The lowest BCUT2D eigenvalue weighted by atomic mass is 10.1. The molecule has 0 spiro atoms. The van der Waals surface area contributed by atoms with Gasteiger partial charge in [0.1, 0.15) is 6.54 Å². The van der Waals surface area contributed by atoms with Crippen molar-refractivity contribution in [2.24, 2.45) is 0 Å². The number of pyridine rings is 1. The number of aromatic nitrogens is 1. The molecule has 0 radical (unpaired) electrons. The van der Waals surface area contributed by atoms with Gasteiger partial charge in [-0.15, -0.1) is 0 Å². The average Bonchev–Trinajstić information content (AvgIpc) is 2.59. The van der Waals surface area contributed by atoms with Gasteiger partial charge in [-0.25, -0.2) is 8.42 Å². The molecular formula is C17H28N4O4S. The van der Waals surface area contributed by atoms with E-state index in [9.17, 15) is 18.0 Å². The molecule has 0 bridgehead atoms. The van der Waals surface area contributed by atoms with E-state index in [4.69, 9.17) is 0 Å². The molecule has 0 saturated carbocycles. The van der Waals surface area contributed by atoms with Gasteiger partial charge in [0.15, 0.2) is 0 Å². The van der Waals surface area contributed by atoms with Crippen LogP contribution >= 0.6 is 0 Å². The zero-order valence-corrected chi connectivity index (χ0v) is 16.5. The number of rotatable bonds is 7. The van der Waals surface area contributed by atoms with Crippen LogP contribution in [-0.4, -0.2) is 67.4 Å². The van der Waals surface area contributed by atoms with Gasteiger partial charge in [0.25, 0.3) is 5.56 Å². The van der Waals surface area contributed by atoms with Crippen LogP contribution in [0.15, 0.2) is 28.0 Å². The summed E-state index contributed by atoms with van der Waals surface area (Å²) in [6, 6.07) is 2.58. The Morgan fingerprint density at radius 3 is 2.42 bits per heavy atom. The average molecular weight is 385 g/mol. The van der Waals surface area contributed by atoms with Crippen LogP contribution in [-0.2, 0) is 21.4 Å². The van der Waals surface area contributed by atoms with Gasteiger partial charge in [-0.1, -0.05) is 13.8 Å². The second-order valence-corrected chi connectivity index (χ2v) is 8.50. The van der Waals surface area contributed by atoms with E-state index in [1.54, 1.807) is 13.8 Å². The van der Waals surface area contributed by atoms with Crippen LogP contribution in [0, 0.1) is 0 Å². The highest BCUT2D eigenvalue weighted by molar-refractivity contribution is 7.89. The number of amides is 1. The molecule has 1 saturated heterocycles. The van der Waals surface area contributed by atoms with Crippen LogP contribution in [0.25, 0.3) is 0 Å². The number of sulfonamides is 1. The first-order valence-electron chi connectivity index (χ1n) is 8.96. The molecule has 1 N–H and O–H groups in total. The second kappa shape index (κ2) is 8.79. The van der Waals surface area contributed by atoms with Crippen molar-refractivity contribution in [3.63, 3.8) is 0 Å². The first-order chi connectivity index (χ1) is 12.3. The van der Waals surface area contributed by atoms with E-state index in [2.05, 4.69) is 10.2 Å². The monoisotopic (exact) mass is 384 g/mol. The summed E-state index contributed by atoms with van der Waals surface area (Å²) in [4.78, 5) is 26.5. The van der Waals surface area contributed by atoms with Crippen molar-refractivity contribution in [1.82, 2.24) is 19.1 Å². The van der Waals surface area contributed by atoms with Gasteiger partial charge in [-0.3, -0.25) is 9.59 Å². The predicted molar refractivity (Wildman–Crippen MR) is 99.5 cm³/mol. The number of hydrogen-bond donors (Lipinski definition) is 1. The number of hydrogen-bond acceptors (Lipinski definition) is 5. The van der Waals surface area contributed by atoms with Crippen molar-refractivity contribution in [2.75, 3.05) is 33.2 Å². The zero-order valence-electron chi connectivity index (χ0n) is 15.6. The Kier molecular flexibility index (Phi) is 6.96. The van der Waals surface area contributed by atoms with E-state index in [0.29, 0.717) is 13.1 Å². The van der Waals surface area contributed by atoms with E-state index in [1.165, 1.54) is 22.6 Å². The smallest absolute Gasteiger partial charge is 0.251 e. The van der Waals surface area contributed by atoms with Crippen molar-refractivity contribution >= 4 is 15.9 Å². The first-order valence-corrected chi connectivity index (χ1v) is 10.4. The van der Waals surface area contributed by atoms with Crippen LogP contribution in [0.4, 0.5) is 0 Å². The molecule has 1 amide bonds. The van der Waals surface area contributed by atoms with Gasteiger partial charge >= 0.3 is 0 Å². The normalized spacial score (nSPS) is 16.8. The van der Waals surface area contributed by atoms with E-state index >= 15 is 0 Å². The summed E-state index contributed by atoms with van der Waals surface area (Å²) in [5.41, 5.74) is -0.401. The van der Waals surface area contributed by atoms with Crippen molar-refractivity contribution in [3.05, 3.63) is 28.7 Å². The standard InChI is InChI=1S/C17H28N4O4S/c1-4-21(5-2)26(24,25)15-6-7-17(23)20(12-15)13-16(22)18-14-8-10-19(3)11-9-14/h6-7,12,14H,4-5,8-11,13H2,1-3H3,(H,18,22). The summed E-state index contributed by atoms with van der Waals surface area (Å²) in [5, 5.41) is 2.93. The summed E-state index contributed by atoms with van der Waals surface area (Å²) in [5.74, 6) is -0.279. The lowest BCUT2D eigenvalue weighted by Gasteiger charge is -2.29. The molecule has 1 aliphatic rings. The minimum atomic E-state index is -3.67. The molecular weight excluding hydrogens is 356 g/mol. The molecule has 146 valence electrons. The maximum atomic E-state index is 12.6. The summed E-state index contributed by atoms with van der Waals surface area (Å²) >= 11 is 0. The third kappa shape index (κ3) is 4.93. The van der Waals surface area contributed by atoms with Crippen LogP contribution in [0.2, 0.25) is 0 Å². The Hall–Kier alpha value is -1.71. The van der Waals surface area contributed by atoms with Crippen LogP contribution in [0.5, 0.6) is 0 Å². The molecule has 1 aliphatic heterocycles. The van der Waals surface area contributed by atoms with Crippen molar-refractivity contribution in [1.29, 1.82) is 0 Å². The van der Waals surface area contributed by atoms with Crippen molar-refractivity contribution in [3.8, 4) is 0 Å². The maximum absolute atomic E-state index is 12.6. The SMILES string of the molecule is CCN(CC)S(=O)(=O)c1ccc(=O)n(CC(=O)NC2CCN(C)CC2)c1. The minimum Gasteiger partial charge on any atom is -0.352 e. The second-order valence-electron chi connectivity index (χ2n) is 6.57. The third-order valence-corrected chi connectivity index (χ3v) is 6.73. The quantitative estimate of drug-likeness (QED) is 0.719. The fourth-order valence-electron chi connectivity index (χ4n) is 3.08. The molecule has 9 heteroatoms. The van der Waals surface area contributed by atoms with Crippen molar-refractivity contribution < 1.29 is 13.2 Å². The van der Waals surface area contributed by atoms with Crippen LogP contribution < -0.4 is 10.9 Å². The lowest BCUT2D eigenvalue weighted by Crippen LogP contribution is -2.45. The van der Waals surface area contributed by atoms with Crippen LogP contribution in [0.1, 0.15) is 26.7 Å². The molecule has 2 heterocycles. The molecule has 0 atom stereocenters. The topological polar surface area (TPSA) is 91.7 Å². The van der Waals surface area contributed by atoms with Gasteiger partial charge in [0.2, 0.25) is 15.9 Å². The molecule has 2 rings (SSSR count). The Morgan fingerprint density at radius 2 is 1.85 bits per heavy atom. The van der Waals surface area contributed by atoms with Gasteiger partial charge in [0, 0.05) is 31.4 Å². The largest absolute Gasteiger partial charge is 0.352 e. The highest BCUT2D eigenvalue weighted by atomic mass is 32.2. The Morgan fingerprint density at radius 1 is 1.23 bits per heavy atom. The molecule has 1 aromatic rings.